The van der Waals surface area contributed by atoms with Gasteiger partial charge in [0.05, 0.1) is 0 Å². The predicted octanol–water partition coefficient (Wildman–Crippen LogP) is 1.46. The topological polar surface area (TPSA) is 38.0 Å². The van der Waals surface area contributed by atoms with Crippen LogP contribution >= 0.6 is 0 Å². The van der Waals surface area contributed by atoms with E-state index in [9.17, 15) is 0 Å². The Balaban J connectivity index is 2.40. The molecule has 0 radical (unpaired) electrons. The predicted molar refractivity (Wildman–Crippen MR) is 51.5 cm³/mol. The molecular formula is C10H14N2. The molecule has 1 atom stereocenters. The van der Waals surface area contributed by atoms with Gasteiger partial charge in [0.2, 0.25) is 0 Å². The van der Waals surface area contributed by atoms with Crippen molar-refractivity contribution in [2.45, 2.75) is 12.8 Å². The molecule has 1 aliphatic heterocycles. The van der Waals surface area contributed by atoms with E-state index in [1.165, 1.54) is 16.8 Å². The van der Waals surface area contributed by atoms with Gasteiger partial charge < -0.3 is 11.1 Å². The molecule has 0 saturated carbocycles. The first-order chi connectivity index (χ1) is 5.81. The van der Waals surface area contributed by atoms with E-state index in [4.69, 9.17) is 5.73 Å². The maximum atomic E-state index is 5.65. The van der Waals surface area contributed by atoms with E-state index in [1.807, 2.05) is 0 Å². The molecule has 1 aliphatic rings. The number of nitrogens with one attached hydrogen (secondary N) is 1. The van der Waals surface area contributed by atoms with E-state index in [2.05, 4.69) is 30.4 Å². The van der Waals surface area contributed by atoms with Crippen LogP contribution in [-0.2, 0) is 0 Å². The molecule has 3 N–H and O–H groups in total. The molecule has 0 bridgehead atoms. The minimum absolute atomic E-state index is 0.514. The van der Waals surface area contributed by atoms with Crippen LogP contribution in [0, 0.1) is 6.92 Å². The van der Waals surface area contributed by atoms with Crippen LogP contribution in [0.1, 0.15) is 17.0 Å². The fraction of sp³-hybridized carbons (Fsp3) is 0.400. The van der Waals surface area contributed by atoms with Crippen molar-refractivity contribution >= 4 is 5.69 Å². The molecule has 0 fully saturated rings. The lowest BCUT2D eigenvalue weighted by molar-refractivity contribution is 0.767. The Bertz CT molecular complexity index is 294. The molecule has 2 heteroatoms. The highest BCUT2D eigenvalue weighted by molar-refractivity contribution is 5.59. The molecule has 0 aromatic heterocycles. The third-order valence-corrected chi connectivity index (χ3v) is 2.47. The number of benzene rings is 1. The molecule has 1 unspecified atom stereocenters. The van der Waals surface area contributed by atoms with Crippen molar-refractivity contribution in [2.24, 2.45) is 5.73 Å². The normalized spacial score (nSPS) is 20.3. The Hall–Kier alpha value is -1.02. The molecule has 1 heterocycles. The second kappa shape index (κ2) is 2.79. The highest BCUT2D eigenvalue weighted by atomic mass is 14.9. The lowest BCUT2D eigenvalue weighted by Crippen LogP contribution is -2.13. The summed E-state index contributed by atoms with van der Waals surface area (Å²) in [5.74, 6) is 0.514. The zero-order valence-electron chi connectivity index (χ0n) is 7.30. The number of aryl methyl sites for hydroxylation is 1. The summed E-state index contributed by atoms with van der Waals surface area (Å²) in [7, 11) is 0. The Kier molecular flexibility index (Phi) is 1.77. The van der Waals surface area contributed by atoms with E-state index in [0.717, 1.165) is 13.1 Å². The van der Waals surface area contributed by atoms with Crippen LogP contribution in [0.5, 0.6) is 0 Å². The van der Waals surface area contributed by atoms with E-state index >= 15 is 0 Å². The molecule has 1 aromatic rings. The number of nitrogens with two attached hydrogens (primary N) is 1. The standard InChI is InChI=1S/C10H14N2/c1-7-2-3-9-8(5-11)6-12-10(9)4-7/h2-4,8,12H,5-6,11H2,1H3. The summed E-state index contributed by atoms with van der Waals surface area (Å²) in [4.78, 5) is 0. The summed E-state index contributed by atoms with van der Waals surface area (Å²) >= 11 is 0. The summed E-state index contributed by atoms with van der Waals surface area (Å²) in [6, 6.07) is 6.52. The van der Waals surface area contributed by atoms with Crippen molar-refractivity contribution in [3.05, 3.63) is 29.3 Å². The summed E-state index contributed by atoms with van der Waals surface area (Å²) < 4.78 is 0. The van der Waals surface area contributed by atoms with Crippen LogP contribution in [0.3, 0.4) is 0 Å². The van der Waals surface area contributed by atoms with Gasteiger partial charge in [0.15, 0.2) is 0 Å². The Labute approximate surface area is 72.8 Å². The summed E-state index contributed by atoms with van der Waals surface area (Å²) in [6.07, 6.45) is 0. The Morgan fingerprint density at radius 2 is 2.42 bits per heavy atom. The molecule has 2 rings (SSSR count). The van der Waals surface area contributed by atoms with Crippen molar-refractivity contribution in [3.8, 4) is 0 Å². The van der Waals surface area contributed by atoms with Gasteiger partial charge in [-0.1, -0.05) is 12.1 Å². The molecular weight excluding hydrogens is 148 g/mol. The van der Waals surface area contributed by atoms with E-state index in [0.29, 0.717) is 5.92 Å². The number of anilines is 1. The first-order valence-corrected chi connectivity index (χ1v) is 4.36. The fourth-order valence-electron chi connectivity index (χ4n) is 1.73. The molecule has 0 saturated heterocycles. The summed E-state index contributed by atoms with van der Waals surface area (Å²) in [5, 5.41) is 3.36. The zero-order valence-corrected chi connectivity index (χ0v) is 7.30. The van der Waals surface area contributed by atoms with Gasteiger partial charge in [0.25, 0.3) is 0 Å². The largest absolute Gasteiger partial charge is 0.384 e. The maximum Gasteiger partial charge on any atom is 0.0379 e. The van der Waals surface area contributed by atoms with E-state index in [-0.39, 0.29) is 0 Å². The van der Waals surface area contributed by atoms with E-state index < -0.39 is 0 Å². The van der Waals surface area contributed by atoms with Gasteiger partial charge in [-0.05, 0) is 24.1 Å². The summed E-state index contributed by atoms with van der Waals surface area (Å²) in [5.41, 5.74) is 9.60. The number of rotatable bonds is 1. The second-order valence-electron chi connectivity index (χ2n) is 3.40. The number of hydrogen-bond donors (Lipinski definition) is 2. The van der Waals surface area contributed by atoms with Gasteiger partial charge in [-0.25, -0.2) is 0 Å². The van der Waals surface area contributed by atoms with Gasteiger partial charge in [-0.2, -0.15) is 0 Å². The SMILES string of the molecule is Cc1ccc2c(c1)NCC2CN. The fourth-order valence-corrected chi connectivity index (χ4v) is 1.73. The van der Waals surface area contributed by atoms with Crippen LogP contribution in [0.25, 0.3) is 0 Å². The third-order valence-electron chi connectivity index (χ3n) is 2.47. The molecule has 2 nitrogen and oxygen atoms in total. The third kappa shape index (κ3) is 1.08. The molecule has 12 heavy (non-hydrogen) atoms. The van der Waals surface area contributed by atoms with Crippen LogP contribution < -0.4 is 11.1 Å². The molecule has 0 spiro atoms. The van der Waals surface area contributed by atoms with E-state index in [1.54, 1.807) is 0 Å². The zero-order chi connectivity index (χ0) is 8.55. The average molecular weight is 162 g/mol. The number of fused-ring (bicyclic) bond motifs is 1. The van der Waals surface area contributed by atoms with Crippen molar-refractivity contribution in [1.82, 2.24) is 0 Å². The van der Waals surface area contributed by atoms with Crippen LogP contribution in [0.2, 0.25) is 0 Å². The van der Waals surface area contributed by atoms with Crippen LogP contribution in [0.4, 0.5) is 5.69 Å². The minimum atomic E-state index is 0.514. The van der Waals surface area contributed by atoms with Crippen LogP contribution in [-0.4, -0.2) is 13.1 Å². The van der Waals surface area contributed by atoms with Crippen molar-refractivity contribution in [3.63, 3.8) is 0 Å². The molecule has 0 aliphatic carbocycles. The first kappa shape index (κ1) is 7.62. The highest BCUT2D eigenvalue weighted by Crippen LogP contribution is 2.30. The number of hydrogen-bond acceptors (Lipinski definition) is 2. The van der Waals surface area contributed by atoms with Gasteiger partial charge >= 0.3 is 0 Å². The minimum Gasteiger partial charge on any atom is -0.384 e. The van der Waals surface area contributed by atoms with Gasteiger partial charge in [-0.3, -0.25) is 0 Å². The second-order valence-corrected chi connectivity index (χ2v) is 3.40. The lowest BCUT2D eigenvalue weighted by atomic mass is 10.0. The van der Waals surface area contributed by atoms with Crippen molar-refractivity contribution in [2.75, 3.05) is 18.4 Å². The monoisotopic (exact) mass is 162 g/mol. The van der Waals surface area contributed by atoms with Crippen LogP contribution in [0.15, 0.2) is 18.2 Å². The lowest BCUT2D eigenvalue weighted by Gasteiger charge is -2.05. The Morgan fingerprint density at radius 3 is 3.17 bits per heavy atom. The summed E-state index contributed by atoms with van der Waals surface area (Å²) in [6.45, 7) is 3.84. The molecule has 1 aromatic carbocycles. The van der Waals surface area contributed by atoms with Gasteiger partial charge in [0.1, 0.15) is 0 Å². The molecule has 0 amide bonds. The highest BCUT2D eigenvalue weighted by Gasteiger charge is 2.19. The van der Waals surface area contributed by atoms with Gasteiger partial charge in [0, 0.05) is 24.7 Å². The molecule has 64 valence electrons. The van der Waals surface area contributed by atoms with Crippen molar-refractivity contribution < 1.29 is 0 Å². The Morgan fingerprint density at radius 1 is 1.58 bits per heavy atom. The smallest absolute Gasteiger partial charge is 0.0379 e. The van der Waals surface area contributed by atoms with Gasteiger partial charge in [-0.15, -0.1) is 0 Å². The quantitative estimate of drug-likeness (QED) is 0.656. The average Bonchev–Trinajstić information content (AvgIpc) is 2.46. The maximum absolute atomic E-state index is 5.65. The first-order valence-electron chi connectivity index (χ1n) is 4.36. The van der Waals surface area contributed by atoms with Crippen molar-refractivity contribution in [1.29, 1.82) is 0 Å².